The predicted octanol–water partition coefficient (Wildman–Crippen LogP) is 1.77. The molecule has 2 aromatic heterocycles. The van der Waals surface area contributed by atoms with Crippen molar-refractivity contribution in [2.45, 2.75) is 31.9 Å². The van der Waals surface area contributed by atoms with Crippen LogP contribution in [0, 0.1) is 5.95 Å². The number of hydrogen-bond acceptors (Lipinski definition) is 4. The lowest BCUT2D eigenvalue weighted by Crippen LogP contribution is -2.37. The summed E-state index contributed by atoms with van der Waals surface area (Å²) in [4.78, 5) is 20.3. The Morgan fingerprint density at radius 2 is 2.30 bits per heavy atom. The fraction of sp³-hybridized carbons (Fsp3) is 0.467. The van der Waals surface area contributed by atoms with Crippen molar-refractivity contribution in [2.75, 3.05) is 13.2 Å². The lowest BCUT2D eigenvalue weighted by molar-refractivity contribution is -0.135. The molecular weight excluding hydrogens is 325 g/mol. The summed E-state index contributed by atoms with van der Waals surface area (Å²) in [6.07, 6.45) is 2.50. The number of H-pyrrole nitrogens is 1. The summed E-state index contributed by atoms with van der Waals surface area (Å²) < 4.78 is 19.7. The number of aromatic amines is 1. The smallest absolute Gasteiger partial charge is 0.248 e. The van der Waals surface area contributed by atoms with Gasteiger partial charge < -0.3 is 19.7 Å². The quantitative estimate of drug-likeness (QED) is 0.835. The zero-order chi connectivity index (χ0) is 16.1. The molecule has 1 fully saturated rings. The maximum absolute atomic E-state index is 14.0. The second-order valence-electron chi connectivity index (χ2n) is 5.89. The van der Waals surface area contributed by atoms with E-state index in [0.29, 0.717) is 30.4 Å². The molecule has 0 unspecified atom stereocenters. The number of rotatable bonds is 3. The summed E-state index contributed by atoms with van der Waals surface area (Å²) in [7, 11) is 0. The Morgan fingerprint density at radius 3 is 3.00 bits per heavy atom. The number of aromatic nitrogens is 2. The van der Waals surface area contributed by atoms with Crippen LogP contribution in [0.2, 0.25) is 5.02 Å². The van der Waals surface area contributed by atoms with Crippen LogP contribution in [0.4, 0.5) is 4.39 Å². The SMILES string of the molecule is O=C(CO)N1CCc2[nH]c3c(Cl)c(F)nc(OC4CC4)c3c2C1. The minimum atomic E-state index is -0.767. The van der Waals surface area contributed by atoms with E-state index in [-0.39, 0.29) is 22.9 Å². The van der Waals surface area contributed by atoms with Gasteiger partial charge >= 0.3 is 0 Å². The predicted molar refractivity (Wildman–Crippen MR) is 80.9 cm³/mol. The molecule has 0 saturated heterocycles. The molecule has 4 rings (SSSR count). The van der Waals surface area contributed by atoms with Crippen LogP contribution in [0.5, 0.6) is 5.88 Å². The lowest BCUT2D eigenvalue weighted by Gasteiger charge is -2.26. The van der Waals surface area contributed by atoms with E-state index in [4.69, 9.17) is 21.4 Å². The number of amides is 1. The van der Waals surface area contributed by atoms with Gasteiger partial charge in [0.05, 0.1) is 10.9 Å². The molecule has 3 heterocycles. The molecule has 6 nitrogen and oxygen atoms in total. The van der Waals surface area contributed by atoms with Gasteiger partial charge in [0.15, 0.2) is 0 Å². The molecule has 2 aromatic rings. The van der Waals surface area contributed by atoms with Gasteiger partial charge in [-0.25, -0.2) is 0 Å². The molecule has 8 heteroatoms. The van der Waals surface area contributed by atoms with Gasteiger partial charge in [-0.2, -0.15) is 9.37 Å². The lowest BCUT2D eigenvalue weighted by atomic mass is 10.1. The van der Waals surface area contributed by atoms with Gasteiger partial charge in [-0.05, 0) is 12.8 Å². The maximum Gasteiger partial charge on any atom is 0.248 e. The molecule has 1 aliphatic carbocycles. The Bertz CT molecular complexity index is 803. The molecule has 1 amide bonds. The van der Waals surface area contributed by atoms with E-state index in [2.05, 4.69) is 9.97 Å². The minimum absolute atomic E-state index is 0.0654. The average molecular weight is 340 g/mol. The van der Waals surface area contributed by atoms with Gasteiger partial charge in [0.25, 0.3) is 0 Å². The molecule has 23 heavy (non-hydrogen) atoms. The van der Waals surface area contributed by atoms with Crippen molar-refractivity contribution in [1.29, 1.82) is 0 Å². The molecule has 0 bridgehead atoms. The van der Waals surface area contributed by atoms with Crippen molar-refractivity contribution in [3.05, 3.63) is 22.2 Å². The topological polar surface area (TPSA) is 78.5 Å². The summed E-state index contributed by atoms with van der Waals surface area (Å²) in [5.41, 5.74) is 2.19. The highest BCUT2D eigenvalue weighted by molar-refractivity contribution is 6.35. The van der Waals surface area contributed by atoms with Crippen LogP contribution >= 0.6 is 11.6 Å². The van der Waals surface area contributed by atoms with Crippen molar-refractivity contribution in [3.8, 4) is 5.88 Å². The van der Waals surface area contributed by atoms with Crippen molar-refractivity contribution < 1.29 is 19.0 Å². The highest BCUT2D eigenvalue weighted by Crippen LogP contribution is 2.39. The monoisotopic (exact) mass is 339 g/mol. The number of hydrogen-bond donors (Lipinski definition) is 2. The Hall–Kier alpha value is -1.86. The van der Waals surface area contributed by atoms with Crippen LogP contribution in [0.25, 0.3) is 10.9 Å². The molecule has 1 saturated carbocycles. The first kappa shape index (κ1) is 14.7. The first-order chi connectivity index (χ1) is 11.1. The first-order valence-corrected chi connectivity index (χ1v) is 7.90. The summed E-state index contributed by atoms with van der Waals surface area (Å²) in [6.45, 7) is 0.279. The third-order valence-corrected chi connectivity index (χ3v) is 4.62. The number of aliphatic hydroxyl groups excluding tert-OH is 1. The highest BCUT2D eigenvalue weighted by atomic mass is 35.5. The molecule has 1 aliphatic heterocycles. The third-order valence-electron chi connectivity index (χ3n) is 4.28. The Labute approximate surface area is 136 Å². The van der Waals surface area contributed by atoms with Crippen molar-refractivity contribution >= 4 is 28.4 Å². The van der Waals surface area contributed by atoms with E-state index >= 15 is 0 Å². The highest BCUT2D eigenvalue weighted by Gasteiger charge is 2.31. The number of nitrogens with one attached hydrogen (secondary N) is 1. The van der Waals surface area contributed by atoms with Gasteiger partial charge in [-0.15, -0.1) is 0 Å². The van der Waals surface area contributed by atoms with Crippen LogP contribution in [-0.2, 0) is 17.8 Å². The number of pyridine rings is 1. The van der Waals surface area contributed by atoms with Gasteiger partial charge in [-0.1, -0.05) is 11.6 Å². The van der Waals surface area contributed by atoms with Crippen LogP contribution in [0.1, 0.15) is 24.1 Å². The van der Waals surface area contributed by atoms with E-state index < -0.39 is 12.6 Å². The summed E-state index contributed by atoms with van der Waals surface area (Å²) in [5, 5.41) is 9.62. The van der Waals surface area contributed by atoms with Gasteiger partial charge in [0.1, 0.15) is 17.7 Å². The second-order valence-corrected chi connectivity index (χ2v) is 6.27. The second kappa shape index (κ2) is 5.35. The normalized spacial score (nSPS) is 17.4. The van der Waals surface area contributed by atoms with E-state index in [9.17, 15) is 9.18 Å². The van der Waals surface area contributed by atoms with E-state index in [1.165, 1.54) is 0 Å². The Morgan fingerprint density at radius 1 is 1.52 bits per heavy atom. The van der Waals surface area contributed by atoms with Crippen molar-refractivity contribution in [3.63, 3.8) is 0 Å². The molecule has 2 aliphatic rings. The minimum Gasteiger partial charge on any atom is -0.474 e. The largest absolute Gasteiger partial charge is 0.474 e. The van der Waals surface area contributed by atoms with Crippen molar-refractivity contribution in [2.24, 2.45) is 0 Å². The van der Waals surface area contributed by atoms with Gasteiger partial charge in [0, 0.05) is 30.8 Å². The van der Waals surface area contributed by atoms with E-state index in [0.717, 1.165) is 24.1 Å². The van der Waals surface area contributed by atoms with Crippen LogP contribution in [0.3, 0.4) is 0 Å². The fourth-order valence-corrected chi connectivity index (χ4v) is 3.12. The van der Waals surface area contributed by atoms with Gasteiger partial charge in [0.2, 0.25) is 17.7 Å². The number of ether oxygens (including phenoxy) is 1. The van der Waals surface area contributed by atoms with Crippen LogP contribution in [-0.4, -0.2) is 45.1 Å². The summed E-state index contributed by atoms with van der Waals surface area (Å²) in [5.74, 6) is -0.882. The van der Waals surface area contributed by atoms with E-state index in [1.54, 1.807) is 4.90 Å². The zero-order valence-electron chi connectivity index (χ0n) is 12.2. The van der Waals surface area contributed by atoms with E-state index in [1.807, 2.05) is 0 Å². The molecule has 0 atom stereocenters. The number of carbonyl (C=O) groups is 1. The fourth-order valence-electron chi connectivity index (χ4n) is 2.93. The number of carbonyl (C=O) groups excluding carboxylic acids is 1. The molecule has 0 spiro atoms. The number of aliphatic hydroxyl groups is 1. The number of nitrogens with zero attached hydrogens (tertiary/aromatic N) is 2. The molecular formula is C15H15ClFN3O3. The molecule has 0 aromatic carbocycles. The first-order valence-electron chi connectivity index (χ1n) is 7.52. The summed E-state index contributed by atoms with van der Waals surface area (Å²) in [6, 6.07) is 0. The van der Waals surface area contributed by atoms with Crippen LogP contribution < -0.4 is 4.74 Å². The standard InChI is InChI=1S/C15H15ClFN3O3/c16-12-13-11(15(19-14(12)17)23-7-1-2-7)8-5-20(10(22)6-21)4-3-9(8)18-13/h7,18,21H,1-6H2. The molecule has 0 radical (unpaired) electrons. The Balaban J connectivity index is 1.85. The average Bonchev–Trinajstić information content (AvgIpc) is 3.28. The number of halogens is 2. The third kappa shape index (κ3) is 2.44. The summed E-state index contributed by atoms with van der Waals surface area (Å²) >= 11 is 6.05. The molecule has 2 N–H and O–H groups in total. The zero-order valence-corrected chi connectivity index (χ0v) is 13.0. The number of fused-ring (bicyclic) bond motifs is 3. The van der Waals surface area contributed by atoms with Crippen molar-refractivity contribution in [1.82, 2.24) is 14.9 Å². The Kier molecular flexibility index (Phi) is 3.42. The maximum atomic E-state index is 14.0. The van der Waals surface area contributed by atoms with Gasteiger partial charge in [-0.3, -0.25) is 4.79 Å². The molecule has 122 valence electrons. The van der Waals surface area contributed by atoms with Crippen LogP contribution in [0.15, 0.2) is 0 Å².